The van der Waals surface area contributed by atoms with Crippen molar-refractivity contribution in [3.63, 3.8) is 0 Å². The maximum atomic E-state index is 14.7. The highest BCUT2D eigenvalue weighted by Crippen LogP contribution is 2.49. The summed E-state index contributed by atoms with van der Waals surface area (Å²) in [5.41, 5.74) is -1.15. The summed E-state index contributed by atoms with van der Waals surface area (Å²) >= 11 is 0. The van der Waals surface area contributed by atoms with E-state index in [4.69, 9.17) is 0 Å². The SMILES string of the molecule is CCCCC(CC)(C(C)C)C(C)(F)CC. The van der Waals surface area contributed by atoms with Crippen LogP contribution in [0.1, 0.15) is 73.6 Å². The molecule has 0 radical (unpaired) electrons. The maximum Gasteiger partial charge on any atom is 0.113 e. The standard InChI is InChI=1S/C14H29F/c1-7-10-11-14(9-3,12(4)5)13(6,15)8-2/h12H,7-11H2,1-6H3. The molecule has 1 heteroatoms. The predicted molar refractivity (Wildman–Crippen MR) is 66.9 cm³/mol. The molecule has 0 aliphatic carbocycles. The van der Waals surface area contributed by atoms with Crippen LogP contribution in [0.2, 0.25) is 0 Å². The second kappa shape index (κ2) is 5.86. The van der Waals surface area contributed by atoms with Gasteiger partial charge in [-0.15, -0.1) is 0 Å². The smallest absolute Gasteiger partial charge is 0.113 e. The van der Waals surface area contributed by atoms with Gasteiger partial charge in [0.05, 0.1) is 0 Å². The molecule has 0 aliphatic heterocycles. The number of hydrogen-bond acceptors (Lipinski definition) is 0. The molecule has 0 spiro atoms. The van der Waals surface area contributed by atoms with Crippen molar-refractivity contribution < 1.29 is 4.39 Å². The summed E-state index contributed by atoms with van der Waals surface area (Å²) in [6.07, 6.45) is 4.91. The number of alkyl halides is 1. The fraction of sp³-hybridized carbons (Fsp3) is 1.00. The van der Waals surface area contributed by atoms with E-state index in [9.17, 15) is 4.39 Å². The zero-order valence-corrected chi connectivity index (χ0v) is 11.5. The Labute approximate surface area is 95.6 Å². The Kier molecular flexibility index (Phi) is 5.84. The first-order valence-electron chi connectivity index (χ1n) is 6.56. The van der Waals surface area contributed by atoms with Gasteiger partial charge in [-0.25, -0.2) is 4.39 Å². The summed E-state index contributed by atoms with van der Waals surface area (Å²) in [6.45, 7) is 12.4. The molecule has 15 heavy (non-hydrogen) atoms. The maximum absolute atomic E-state index is 14.7. The van der Waals surface area contributed by atoms with Gasteiger partial charge in [0.1, 0.15) is 5.67 Å². The van der Waals surface area contributed by atoms with Gasteiger partial charge < -0.3 is 0 Å². The molecule has 0 aromatic carbocycles. The predicted octanol–water partition coefficient (Wildman–Crippen LogP) is 5.37. The minimum absolute atomic E-state index is 0.127. The van der Waals surface area contributed by atoms with Crippen LogP contribution in [0.15, 0.2) is 0 Å². The minimum atomic E-state index is -1.02. The van der Waals surface area contributed by atoms with E-state index in [0.717, 1.165) is 25.7 Å². The Hall–Kier alpha value is -0.0700. The fourth-order valence-electron chi connectivity index (χ4n) is 2.95. The molecule has 92 valence electrons. The van der Waals surface area contributed by atoms with E-state index >= 15 is 0 Å². The van der Waals surface area contributed by atoms with Crippen LogP contribution in [0, 0.1) is 11.3 Å². The summed E-state index contributed by atoms with van der Waals surface area (Å²) < 4.78 is 14.7. The molecule has 0 nitrogen and oxygen atoms in total. The minimum Gasteiger partial charge on any atom is -0.244 e. The molecule has 0 heterocycles. The Morgan fingerprint density at radius 2 is 1.60 bits per heavy atom. The second-order valence-corrected chi connectivity index (χ2v) is 5.32. The van der Waals surface area contributed by atoms with E-state index in [-0.39, 0.29) is 5.41 Å². The Bertz CT molecular complexity index is 172. The average molecular weight is 216 g/mol. The van der Waals surface area contributed by atoms with Crippen LogP contribution in [-0.4, -0.2) is 5.67 Å². The Morgan fingerprint density at radius 1 is 1.07 bits per heavy atom. The van der Waals surface area contributed by atoms with Crippen molar-refractivity contribution in [3.8, 4) is 0 Å². The summed E-state index contributed by atoms with van der Waals surface area (Å²) in [5.74, 6) is 0.420. The van der Waals surface area contributed by atoms with Crippen molar-refractivity contribution in [2.45, 2.75) is 79.3 Å². The fourth-order valence-corrected chi connectivity index (χ4v) is 2.95. The highest BCUT2D eigenvalue weighted by atomic mass is 19.1. The van der Waals surface area contributed by atoms with E-state index in [1.165, 1.54) is 0 Å². The molecule has 0 aromatic rings. The van der Waals surface area contributed by atoms with E-state index in [1.54, 1.807) is 6.92 Å². The molecule has 0 fully saturated rings. The molecular formula is C14H29F. The van der Waals surface area contributed by atoms with Crippen LogP contribution in [-0.2, 0) is 0 Å². The molecule has 0 saturated carbocycles. The lowest BCUT2D eigenvalue weighted by molar-refractivity contribution is -0.0461. The van der Waals surface area contributed by atoms with Crippen LogP contribution in [0.25, 0.3) is 0 Å². The van der Waals surface area contributed by atoms with Crippen molar-refractivity contribution in [1.29, 1.82) is 0 Å². The summed E-state index contributed by atoms with van der Waals surface area (Å²) in [4.78, 5) is 0. The van der Waals surface area contributed by atoms with Gasteiger partial charge in [-0.1, -0.05) is 47.5 Å². The van der Waals surface area contributed by atoms with Crippen LogP contribution >= 0.6 is 0 Å². The van der Waals surface area contributed by atoms with Crippen molar-refractivity contribution >= 4 is 0 Å². The van der Waals surface area contributed by atoms with Gasteiger partial charge in [-0.05, 0) is 32.1 Å². The van der Waals surface area contributed by atoms with Gasteiger partial charge in [0.25, 0.3) is 0 Å². The molecule has 0 aromatic heterocycles. The number of rotatable bonds is 7. The van der Waals surface area contributed by atoms with Crippen molar-refractivity contribution in [3.05, 3.63) is 0 Å². The zero-order valence-electron chi connectivity index (χ0n) is 11.5. The first kappa shape index (κ1) is 14.9. The lowest BCUT2D eigenvalue weighted by atomic mass is 9.61. The Balaban J connectivity index is 4.96. The lowest BCUT2D eigenvalue weighted by Gasteiger charge is -2.46. The van der Waals surface area contributed by atoms with E-state index in [1.807, 2.05) is 6.92 Å². The zero-order chi connectivity index (χ0) is 12.1. The van der Waals surface area contributed by atoms with E-state index < -0.39 is 5.67 Å². The Morgan fingerprint density at radius 3 is 1.87 bits per heavy atom. The van der Waals surface area contributed by atoms with Crippen molar-refractivity contribution in [2.75, 3.05) is 0 Å². The normalized spacial score (nSPS) is 20.0. The van der Waals surface area contributed by atoms with Gasteiger partial charge in [0, 0.05) is 5.41 Å². The number of halogens is 1. The first-order chi connectivity index (χ1) is 6.88. The highest BCUT2D eigenvalue weighted by molar-refractivity contribution is 4.96. The highest BCUT2D eigenvalue weighted by Gasteiger charge is 2.47. The van der Waals surface area contributed by atoms with Gasteiger partial charge in [-0.3, -0.25) is 0 Å². The third-order valence-electron chi connectivity index (χ3n) is 4.41. The molecule has 0 rings (SSSR count). The molecule has 0 aliphatic rings. The van der Waals surface area contributed by atoms with Crippen LogP contribution < -0.4 is 0 Å². The molecule has 0 bridgehead atoms. The number of hydrogen-bond donors (Lipinski definition) is 0. The molecule has 2 atom stereocenters. The number of unbranched alkanes of at least 4 members (excludes halogenated alkanes) is 1. The van der Waals surface area contributed by atoms with Crippen LogP contribution in [0.3, 0.4) is 0 Å². The lowest BCUT2D eigenvalue weighted by Crippen LogP contribution is -2.45. The van der Waals surface area contributed by atoms with Crippen LogP contribution in [0.5, 0.6) is 0 Å². The third-order valence-corrected chi connectivity index (χ3v) is 4.41. The molecule has 0 amide bonds. The topological polar surface area (TPSA) is 0 Å². The van der Waals surface area contributed by atoms with Gasteiger partial charge in [0.15, 0.2) is 0 Å². The van der Waals surface area contributed by atoms with Crippen molar-refractivity contribution in [2.24, 2.45) is 11.3 Å². The van der Waals surface area contributed by atoms with E-state index in [0.29, 0.717) is 12.3 Å². The van der Waals surface area contributed by atoms with Gasteiger partial charge in [-0.2, -0.15) is 0 Å². The molecule has 0 saturated heterocycles. The molecule has 2 unspecified atom stereocenters. The largest absolute Gasteiger partial charge is 0.244 e. The third kappa shape index (κ3) is 2.95. The van der Waals surface area contributed by atoms with Crippen LogP contribution in [0.4, 0.5) is 4.39 Å². The molecular weight excluding hydrogens is 187 g/mol. The molecule has 0 N–H and O–H groups in total. The summed E-state index contributed by atoms with van der Waals surface area (Å²) in [6, 6.07) is 0. The van der Waals surface area contributed by atoms with Gasteiger partial charge >= 0.3 is 0 Å². The second-order valence-electron chi connectivity index (χ2n) is 5.32. The first-order valence-corrected chi connectivity index (χ1v) is 6.56. The average Bonchev–Trinajstić information content (AvgIpc) is 2.18. The van der Waals surface area contributed by atoms with E-state index in [2.05, 4.69) is 27.7 Å². The monoisotopic (exact) mass is 216 g/mol. The summed E-state index contributed by atoms with van der Waals surface area (Å²) in [7, 11) is 0. The van der Waals surface area contributed by atoms with Gasteiger partial charge in [0.2, 0.25) is 0 Å². The summed E-state index contributed by atoms with van der Waals surface area (Å²) in [5, 5.41) is 0. The quantitative estimate of drug-likeness (QED) is 0.537. The van der Waals surface area contributed by atoms with Crippen molar-refractivity contribution in [1.82, 2.24) is 0 Å².